The molecule has 2 N–H and O–H groups in total. The van der Waals surface area contributed by atoms with Gasteiger partial charge in [-0.1, -0.05) is 5.16 Å². The molecule has 0 aliphatic carbocycles. The maximum Gasteiger partial charge on any atom is 0.258 e. The summed E-state index contributed by atoms with van der Waals surface area (Å²) in [4.78, 5) is 9.31. The zero-order valence-corrected chi connectivity index (χ0v) is 15.3. The predicted molar refractivity (Wildman–Crippen MR) is 95.0 cm³/mol. The lowest BCUT2D eigenvalue weighted by atomic mass is 10.2. The number of sulfonamides is 1. The van der Waals surface area contributed by atoms with Crippen molar-refractivity contribution in [2.75, 3.05) is 18.4 Å². The van der Waals surface area contributed by atoms with E-state index >= 15 is 0 Å². The molecule has 0 amide bonds. The number of thiophene rings is 1. The first-order valence-corrected chi connectivity index (χ1v) is 9.81. The summed E-state index contributed by atoms with van der Waals surface area (Å²) in [5.41, 5.74) is 0.743. The van der Waals surface area contributed by atoms with Crippen molar-refractivity contribution in [3.8, 4) is 11.5 Å². The first kappa shape index (κ1) is 17.5. The third kappa shape index (κ3) is 4.41. The highest BCUT2D eigenvalue weighted by molar-refractivity contribution is 7.91. The number of nitrogens with one attached hydrogen (secondary N) is 2. The Balaban J connectivity index is 1.56. The third-order valence-corrected chi connectivity index (χ3v) is 6.19. The lowest BCUT2D eigenvalue weighted by Gasteiger charge is -2.07. The molecule has 0 atom stereocenters. The van der Waals surface area contributed by atoms with Gasteiger partial charge in [0.05, 0.1) is 0 Å². The van der Waals surface area contributed by atoms with Gasteiger partial charge in [-0.15, -0.1) is 11.3 Å². The van der Waals surface area contributed by atoms with Crippen molar-refractivity contribution >= 4 is 27.2 Å². The van der Waals surface area contributed by atoms with E-state index in [0.29, 0.717) is 28.3 Å². The Kier molecular flexibility index (Phi) is 5.11. The summed E-state index contributed by atoms with van der Waals surface area (Å²) < 4.78 is 32.2. The van der Waals surface area contributed by atoms with Crippen molar-refractivity contribution in [2.24, 2.45) is 0 Å². The minimum absolute atomic E-state index is 0.241. The molecule has 0 aromatic carbocycles. The van der Waals surface area contributed by atoms with Crippen molar-refractivity contribution < 1.29 is 12.9 Å². The first-order chi connectivity index (χ1) is 11.9. The summed E-state index contributed by atoms with van der Waals surface area (Å²) >= 11 is 1.24. The smallest absolute Gasteiger partial charge is 0.258 e. The summed E-state index contributed by atoms with van der Waals surface area (Å²) in [6.07, 6.45) is 1.62. The topological polar surface area (TPSA) is 110 Å². The van der Waals surface area contributed by atoms with E-state index in [9.17, 15) is 8.42 Å². The van der Waals surface area contributed by atoms with E-state index < -0.39 is 10.0 Å². The van der Waals surface area contributed by atoms with Crippen LogP contribution in [0.1, 0.15) is 10.7 Å². The van der Waals surface area contributed by atoms with Crippen LogP contribution in [-0.2, 0) is 10.0 Å². The second-order valence-corrected chi connectivity index (χ2v) is 8.55. The van der Waals surface area contributed by atoms with Crippen LogP contribution in [0.3, 0.4) is 0 Å². The number of aromatic nitrogens is 3. The van der Waals surface area contributed by atoms with Crippen LogP contribution in [-0.4, -0.2) is 36.6 Å². The Bertz CT molecular complexity index is 965. The zero-order valence-electron chi connectivity index (χ0n) is 13.7. The summed E-state index contributed by atoms with van der Waals surface area (Å²) in [6, 6.07) is 6.92. The zero-order chi connectivity index (χ0) is 17.9. The van der Waals surface area contributed by atoms with Gasteiger partial charge in [-0.3, -0.25) is 0 Å². The van der Waals surface area contributed by atoms with E-state index in [1.807, 2.05) is 6.92 Å². The van der Waals surface area contributed by atoms with Crippen molar-refractivity contribution in [3.05, 3.63) is 41.2 Å². The Labute approximate surface area is 149 Å². The number of pyridine rings is 1. The number of hydrogen-bond donors (Lipinski definition) is 2. The van der Waals surface area contributed by atoms with Gasteiger partial charge in [0.1, 0.15) is 10.0 Å². The van der Waals surface area contributed by atoms with Gasteiger partial charge in [0.2, 0.25) is 10.0 Å². The van der Waals surface area contributed by atoms with Gasteiger partial charge in [-0.05, 0) is 38.1 Å². The van der Waals surface area contributed by atoms with Gasteiger partial charge in [-0.25, -0.2) is 18.1 Å². The summed E-state index contributed by atoms with van der Waals surface area (Å²) in [5, 5.41) is 6.82. The van der Waals surface area contributed by atoms with Gasteiger partial charge in [0.15, 0.2) is 5.82 Å². The van der Waals surface area contributed by atoms with Crippen molar-refractivity contribution in [1.82, 2.24) is 19.8 Å². The van der Waals surface area contributed by atoms with Crippen LogP contribution < -0.4 is 10.0 Å². The lowest BCUT2D eigenvalue weighted by molar-refractivity contribution is 0.425. The van der Waals surface area contributed by atoms with Crippen LogP contribution in [0.4, 0.5) is 5.82 Å². The highest BCUT2D eigenvalue weighted by Gasteiger charge is 2.15. The van der Waals surface area contributed by atoms with Gasteiger partial charge in [-0.2, -0.15) is 4.98 Å². The molecule has 0 aliphatic heterocycles. The summed E-state index contributed by atoms with van der Waals surface area (Å²) in [6.45, 7) is 4.25. The molecule has 10 heteroatoms. The van der Waals surface area contributed by atoms with Crippen LogP contribution in [0.2, 0.25) is 0 Å². The van der Waals surface area contributed by atoms with Crippen molar-refractivity contribution in [3.63, 3.8) is 0 Å². The van der Waals surface area contributed by atoms with E-state index in [4.69, 9.17) is 4.52 Å². The fourth-order valence-corrected chi connectivity index (χ4v) is 4.44. The second kappa shape index (κ2) is 7.30. The van der Waals surface area contributed by atoms with E-state index in [1.165, 1.54) is 11.3 Å². The maximum absolute atomic E-state index is 12.1. The largest absolute Gasteiger partial charge is 0.369 e. The van der Waals surface area contributed by atoms with Crippen LogP contribution in [0.25, 0.3) is 11.5 Å². The molecule has 132 valence electrons. The van der Waals surface area contributed by atoms with E-state index in [2.05, 4.69) is 25.2 Å². The van der Waals surface area contributed by atoms with Crippen LogP contribution in [0.15, 0.2) is 39.2 Å². The normalized spacial score (nSPS) is 11.6. The molecule has 3 rings (SSSR count). The average Bonchev–Trinajstić information content (AvgIpc) is 3.21. The Morgan fingerprint density at radius 2 is 2.04 bits per heavy atom. The second-order valence-electron chi connectivity index (χ2n) is 5.27. The maximum atomic E-state index is 12.1. The molecule has 8 nitrogen and oxygen atoms in total. The fraction of sp³-hybridized carbons (Fsp3) is 0.267. The average molecular weight is 379 g/mol. The quantitative estimate of drug-likeness (QED) is 0.606. The van der Waals surface area contributed by atoms with Crippen molar-refractivity contribution in [1.29, 1.82) is 0 Å². The Hall–Kier alpha value is -2.30. The van der Waals surface area contributed by atoms with Crippen LogP contribution in [0.5, 0.6) is 0 Å². The molecule has 0 bridgehead atoms. The number of nitrogens with zero attached hydrogens (tertiary/aromatic N) is 3. The molecular weight excluding hydrogens is 362 g/mol. The highest BCUT2D eigenvalue weighted by Crippen LogP contribution is 2.20. The molecule has 0 saturated carbocycles. The minimum Gasteiger partial charge on any atom is -0.369 e. The first-order valence-electron chi connectivity index (χ1n) is 7.51. The lowest BCUT2D eigenvalue weighted by Crippen LogP contribution is -2.28. The predicted octanol–water partition coefficient (Wildman–Crippen LogP) is 2.20. The van der Waals surface area contributed by atoms with Gasteiger partial charge >= 0.3 is 0 Å². The molecule has 0 aliphatic rings. The number of aryl methyl sites for hydroxylation is 2. The molecule has 0 unspecified atom stereocenters. The standard InChI is InChI=1S/C15H17N5O3S2/c1-10-3-4-14(24-10)25(21,22)18-8-7-17-13-9-12(5-6-16-13)15-19-11(2)20-23-15/h3-6,9,18H,7-8H2,1-2H3,(H,16,17). The molecule has 3 aromatic heterocycles. The molecule has 0 saturated heterocycles. The molecule has 3 aromatic rings. The fourth-order valence-electron chi connectivity index (χ4n) is 2.08. The molecule has 25 heavy (non-hydrogen) atoms. The van der Waals surface area contributed by atoms with Gasteiger partial charge in [0.25, 0.3) is 5.89 Å². The van der Waals surface area contributed by atoms with E-state index in [0.717, 1.165) is 10.4 Å². The minimum atomic E-state index is -3.47. The SMILES string of the molecule is Cc1noc(-c2ccnc(NCCNS(=O)(=O)c3ccc(C)s3)c2)n1. The van der Waals surface area contributed by atoms with Crippen LogP contribution >= 0.6 is 11.3 Å². The monoisotopic (exact) mass is 379 g/mol. The molecule has 3 heterocycles. The van der Waals surface area contributed by atoms with Crippen molar-refractivity contribution in [2.45, 2.75) is 18.1 Å². The van der Waals surface area contributed by atoms with Gasteiger partial charge < -0.3 is 9.84 Å². The number of rotatable bonds is 7. The summed E-state index contributed by atoms with van der Waals surface area (Å²) in [5.74, 6) is 1.57. The van der Waals surface area contributed by atoms with E-state index in [1.54, 1.807) is 37.4 Å². The Morgan fingerprint density at radius 3 is 2.72 bits per heavy atom. The third-order valence-electron chi connectivity index (χ3n) is 3.24. The van der Waals surface area contributed by atoms with E-state index in [-0.39, 0.29) is 6.54 Å². The molecular formula is C15H17N5O3S2. The molecule has 0 radical (unpaired) electrons. The van der Waals surface area contributed by atoms with Crippen LogP contribution in [0, 0.1) is 13.8 Å². The number of hydrogen-bond acceptors (Lipinski definition) is 8. The van der Waals surface area contributed by atoms with Gasteiger partial charge in [0, 0.05) is 29.7 Å². The molecule has 0 spiro atoms. The number of anilines is 1. The Morgan fingerprint density at radius 1 is 1.20 bits per heavy atom. The summed E-state index contributed by atoms with van der Waals surface area (Å²) in [7, 11) is -3.47. The molecule has 0 fully saturated rings. The highest BCUT2D eigenvalue weighted by atomic mass is 32.2.